The lowest BCUT2D eigenvalue weighted by Crippen LogP contribution is -2.38. The summed E-state index contributed by atoms with van der Waals surface area (Å²) in [5.41, 5.74) is 0.702. The third-order valence-electron chi connectivity index (χ3n) is 5.51. The Labute approximate surface area is 199 Å². The van der Waals surface area contributed by atoms with Crippen molar-refractivity contribution in [1.29, 1.82) is 0 Å². The molecule has 9 heteroatoms. The van der Waals surface area contributed by atoms with Gasteiger partial charge in [-0.25, -0.2) is 18.6 Å². The average molecular weight is 483 g/mol. The smallest absolute Gasteiger partial charge is 0.317 e. The van der Waals surface area contributed by atoms with Crippen molar-refractivity contribution in [2.45, 2.75) is 19.4 Å². The highest BCUT2D eigenvalue weighted by Gasteiger charge is 2.27. The highest BCUT2D eigenvalue weighted by atomic mass is 35.5. The molecule has 0 spiro atoms. The molecule has 0 aliphatic rings. The van der Waals surface area contributed by atoms with Crippen LogP contribution in [0.5, 0.6) is 0 Å². The highest BCUT2D eigenvalue weighted by Crippen LogP contribution is 2.27. The summed E-state index contributed by atoms with van der Waals surface area (Å²) in [6, 6.07) is 15.2. The van der Waals surface area contributed by atoms with Crippen LogP contribution in [0.25, 0.3) is 16.6 Å². The summed E-state index contributed by atoms with van der Waals surface area (Å²) < 4.78 is 28.7. The summed E-state index contributed by atoms with van der Waals surface area (Å²) in [5, 5.41) is 2.88. The molecule has 4 aromatic rings. The van der Waals surface area contributed by atoms with Crippen LogP contribution in [-0.2, 0) is 0 Å². The van der Waals surface area contributed by atoms with E-state index in [1.54, 1.807) is 37.4 Å². The van der Waals surface area contributed by atoms with Crippen molar-refractivity contribution >= 4 is 34.2 Å². The summed E-state index contributed by atoms with van der Waals surface area (Å²) in [6.07, 6.45) is 0.410. The first kappa shape index (κ1) is 23.4. The fraction of sp³-hybridized carbons (Fsp3) is 0.160. The third kappa shape index (κ3) is 4.49. The van der Waals surface area contributed by atoms with Crippen molar-refractivity contribution in [3.63, 3.8) is 0 Å². The number of hydrogen-bond acceptors (Lipinski definition) is 3. The predicted molar refractivity (Wildman–Crippen MR) is 129 cm³/mol. The standard InChI is InChI=1S/C25H21ClF2N4O2/c1-3-22(31(2)25(34)29-16-8-6-7-15(27)13-16)23-30-21-10-5-4-9-18(21)24(33)32(23)17-11-12-20(28)19(26)14-17/h4-14,22H,3H2,1-2H3,(H,29,34). The van der Waals surface area contributed by atoms with Crippen molar-refractivity contribution in [2.75, 3.05) is 12.4 Å². The Hall–Kier alpha value is -3.78. The summed E-state index contributed by atoms with van der Waals surface area (Å²) >= 11 is 6.00. The van der Waals surface area contributed by atoms with Crippen LogP contribution >= 0.6 is 11.6 Å². The molecular formula is C25H21ClF2N4O2. The van der Waals surface area contributed by atoms with Gasteiger partial charge in [-0.05, 0) is 55.0 Å². The zero-order valence-electron chi connectivity index (χ0n) is 18.4. The number of fused-ring (bicyclic) bond motifs is 1. The molecule has 34 heavy (non-hydrogen) atoms. The van der Waals surface area contributed by atoms with E-state index in [9.17, 15) is 18.4 Å². The van der Waals surface area contributed by atoms with Crippen LogP contribution in [0.4, 0.5) is 19.3 Å². The maximum absolute atomic E-state index is 13.8. The molecule has 6 nitrogen and oxygen atoms in total. The zero-order valence-corrected chi connectivity index (χ0v) is 19.2. The number of anilines is 1. The van der Waals surface area contributed by atoms with Crippen LogP contribution in [0.3, 0.4) is 0 Å². The van der Waals surface area contributed by atoms with E-state index in [0.29, 0.717) is 28.7 Å². The molecular weight excluding hydrogens is 462 g/mol. The Morgan fingerprint density at radius 1 is 1.12 bits per heavy atom. The molecule has 0 aliphatic carbocycles. The number of halogens is 3. The molecule has 1 heterocycles. The Kier molecular flexibility index (Phi) is 6.61. The van der Waals surface area contributed by atoms with Crippen molar-refractivity contribution in [2.24, 2.45) is 0 Å². The molecule has 0 radical (unpaired) electrons. The molecule has 0 saturated heterocycles. The Morgan fingerprint density at radius 2 is 1.88 bits per heavy atom. The number of nitrogens with one attached hydrogen (secondary N) is 1. The molecule has 1 unspecified atom stereocenters. The summed E-state index contributed by atoms with van der Waals surface area (Å²) in [4.78, 5) is 32.6. The number of rotatable bonds is 5. The first-order chi connectivity index (χ1) is 16.3. The minimum absolute atomic E-state index is 0.145. The van der Waals surface area contributed by atoms with Gasteiger partial charge in [0, 0.05) is 12.7 Å². The summed E-state index contributed by atoms with van der Waals surface area (Å²) in [5.74, 6) is -0.816. The maximum Gasteiger partial charge on any atom is 0.322 e. The van der Waals surface area contributed by atoms with E-state index in [-0.39, 0.29) is 16.4 Å². The number of hydrogen-bond donors (Lipinski definition) is 1. The van der Waals surface area contributed by atoms with Crippen molar-refractivity contribution in [3.8, 4) is 5.69 Å². The highest BCUT2D eigenvalue weighted by molar-refractivity contribution is 6.30. The van der Waals surface area contributed by atoms with Gasteiger partial charge in [0.15, 0.2) is 0 Å². The van der Waals surface area contributed by atoms with Gasteiger partial charge in [-0.15, -0.1) is 0 Å². The zero-order chi connectivity index (χ0) is 24.4. The number of para-hydroxylation sites is 1. The lowest BCUT2D eigenvalue weighted by Gasteiger charge is -2.29. The van der Waals surface area contributed by atoms with Gasteiger partial charge in [-0.2, -0.15) is 0 Å². The molecule has 0 fully saturated rings. The number of amides is 2. The SMILES string of the molecule is CCC(c1nc2ccccc2c(=O)n1-c1ccc(F)c(Cl)c1)N(C)C(=O)Nc1cccc(F)c1. The predicted octanol–water partition coefficient (Wildman–Crippen LogP) is 5.93. The fourth-order valence-electron chi connectivity index (χ4n) is 3.80. The first-order valence-corrected chi connectivity index (χ1v) is 10.9. The number of nitrogens with zero attached hydrogens (tertiary/aromatic N) is 3. The number of urea groups is 1. The maximum atomic E-state index is 13.8. The van der Waals surface area contributed by atoms with E-state index in [1.165, 1.54) is 45.9 Å². The van der Waals surface area contributed by atoms with Gasteiger partial charge in [0.25, 0.3) is 5.56 Å². The van der Waals surface area contributed by atoms with E-state index in [2.05, 4.69) is 5.32 Å². The molecule has 0 aliphatic heterocycles. The second-order valence-electron chi connectivity index (χ2n) is 7.70. The van der Waals surface area contributed by atoms with Crippen LogP contribution in [-0.4, -0.2) is 27.5 Å². The quantitative estimate of drug-likeness (QED) is 0.383. The van der Waals surface area contributed by atoms with Gasteiger partial charge in [0.2, 0.25) is 0 Å². The Balaban J connectivity index is 1.84. The third-order valence-corrected chi connectivity index (χ3v) is 5.80. The fourth-order valence-corrected chi connectivity index (χ4v) is 3.97. The lowest BCUT2D eigenvalue weighted by atomic mass is 10.1. The molecule has 0 bridgehead atoms. The topological polar surface area (TPSA) is 67.2 Å². The van der Waals surface area contributed by atoms with Crippen LogP contribution in [0.15, 0.2) is 71.5 Å². The number of carbonyl (C=O) groups is 1. The second-order valence-corrected chi connectivity index (χ2v) is 8.11. The first-order valence-electron chi connectivity index (χ1n) is 10.6. The number of carbonyl (C=O) groups excluding carboxylic acids is 1. The monoisotopic (exact) mass is 482 g/mol. The molecule has 2 amide bonds. The Bertz CT molecular complexity index is 1440. The van der Waals surface area contributed by atoms with Crippen molar-refractivity contribution in [3.05, 3.63) is 99.6 Å². The van der Waals surface area contributed by atoms with Gasteiger partial charge in [0.05, 0.1) is 27.7 Å². The lowest BCUT2D eigenvalue weighted by molar-refractivity contribution is 0.199. The molecule has 0 saturated carbocycles. The summed E-state index contributed by atoms with van der Waals surface area (Å²) in [7, 11) is 1.56. The van der Waals surface area contributed by atoms with Gasteiger partial charge < -0.3 is 10.2 Å². The van der Waals surface area contributed by atoms with E-state index >= 15 is 0 Å². The molecule has 1 atom stereocenters. The number of aromatic nitrogens is 2. The van der Waals surface area contributed by atoms with Gasteiger partial charge in [-0.1, -0.05) is 36.7 Å². The number of benzene rings is 3. The van der Waals surface area contributed by atoms with E-state index < -0.39 is 23.7 Å². The summed E-state index contributed by atoms with van der Waals surface area (Å²) in [6.45, 7) is 1.85. The van der Waals surface area contributed by atoms with E-state index in [1.807, 2.05) is 6.92 Å². The molecule has 3 aromatic carbocycles. The van der Waals surface area contributed by atoms with Gasteiger partial charge in [0.1, 0.15) is 17.5 Å². The normalized spacial score (nSPS) is 11.9. The molecule has 1 aromatic heterocycles. The van der Waals surface area contributed by atoms with Crippen molar-refractivity contribution < 1.29 is 13.6 Å². The van der Waals surface area contributed by atoms with Gasteiger partial charge in [-0.3, -0.25) is 9.36 Å². The molecule has 1 N–H and O–H groups in total. The van der Waals surface area contributed by atoms with Crippen LogP contribution < -0.4 is 10.9 Å². The van der Waals surface area contributed by atoms with Gasteiger partial charge >= 0.3 is 6.03 Å². The molecule has 174 valence electrons. The van der Waals surface area contributed by atoms with Crippen LogP contribution in [0, 0.1) is 11.6 Å². The van der Waals surface area contributed by atoms with E-state index in [0.717, 1.165) is 0 Å². The average Bonchev–Trinajstić information content (AvgIpc) is 2.81. The van der Waals surface area contributed by atoms with Crippen LogP contribution in [0.1, 0.15) is 25.2 Å². The van der Waals surface area contributed by atoms with Crippen LogP contribution in [0.2, 0.25) is 5.02 Å². The molecule has 4 rings (SSSR count). The van der Waals surface area contributed by atoms with E-state index in [4.69, 9.17) is 16.6 Å². The Morgan fingerprint density at radius 3 is 2.59 bits per heavy atom. The minimum atomic E-state index is -0.644. The largest absolute Gasteiger partial charge is 0.322 e. The minimum Gasteiger partial charge on any atom is -0.317 e. The second kappa shape index (κ2) is 9.61. The van der Waals surface area contributed by atoms with Crippen molar-refractivity contribution in [1.82, 2.24) is 14.5 Å².